The normalized spacial score (nSPS) is 11.0. The second-order valence-corrected chi connectivity index (χ2v) is 9.18. The maximum Gasteiger partial charge on any atom is 0.200 e. The van der Waals surface area contributed by atoms with Crippen molar-refractivity contribution in [3.05, 3.63) is 117 Å². The van der Waals surface area contributed by atoms with Crippen molar-refractivity contribution >= 4 is 22.6 Å². The van der Waals surface area contributed by atoms with Gasteiger partial charge >= 0.3 is 0 Å². The summed E-state index contributed by atoms with van der Waals surface area (Å²) in [5.74, 6) is -1.56. The SMILES string of the molecule is CCC(=O)c1cnc2c(Oc3ccc(CC(=O)c4c[nH]c(C)c(-c5ccc(F)cc5)c4=O)cc3F)ccnc2c1. The predicted octanol–water partition coefficient (Wildman–Crippen LogP) is 6.38. The summed E-state index contributed by atoms with van der Waals surface area (Å²) in [5, 5.41) is 0. The molecule has 40 heavy (non-hydrogen) atoms. The highest BCUT2D eigenvalue weighted by molar-refractivity contribution is 5.99. The molecule has 3 aromatic heterocycles. The molecule has 0 amide bonds. The van der Waals surface area contributed by atoms with E-state index in [0.717, 1.165) is 0 Å². The van der Waals surface area contributed by atoms with E-state index in [1.165, 1.54) is 67.1 Å². The predicted molar refractivity (Wildman–Crippen MR) is 146 cm³/mol. The number of aryl methyl sites for hydroxylation is 1. The van der Waals surface area contributed by atoms with Crippen LogP contribution in [0.1, 0.15) is 45.3 Å². The molecule has 0 atom stereocenters. The number of rotatable bonds is 8. The summed E-state index contributed by atoms with van der Waals surface area (Å²) in [6, 6.07) is 12.7. The summed E-state index contributed by atoms with van der Waals surface area (Å²) in [4.78, 5) is 49.6. The van der Waals surface area contributed by atoms with Crippen LogP contribution in [0.15, 0.2) is 78.0 Å². The van der Waals surface area contributed by atoms with E-state index in [0.29, 0.717) is 39.8 Å². The first kappa shape index (κ1) is 26.6. The molecule has 0 aliphatic heterocycles. The number of Topliss-reactive ketones (excluding diaryl/α,β-unsaturated/α-hetero) is 2. The van der Waals surface area contributed by atoms with Crippen molar-refractivity contribution < 1.29 is 23.1 Å². The van der Waals surface area contributed by atoms with E-state index < -0.39 is 22.8 Å². The molecule has 0 bridgehead atoms. The van der Waals surface area contributed by atoms with Crippen LogP contribution in [0.5, 0.6) is 11.5 Å². The van der Waals surface area contributed by atoms with Crippen molar-refractivity contribution in [1.29, 1.82) is 0 Å². The molecular weight excluding hydrogens is 516 g/mol. The Labute approximate surface area is 227 Å². The second-order valence-electron chi connectivity index (χ2n) is 9.18. The molecule has 7 nitrogen and oxygen atoms in total. The molecule has 200 valence electrons. The van der Waals surface area contributed by atoms with E-state index in [-0.39, 0.29) is 34.8 Å². The average molecular weight is 540 g/mol. The van der Waals surface area contributed by atoms with Crippen molar-refractivity contribution in [1.82, 2.24) is 15.0 Å². The first-order valence-corrected chi connectivity index (χ1v) is 12.5. The smallest absolute Gasteiger partial charge is 0.200 e. The zero-order valence-electron chi connectivity index (χ0n) is 21.6. The number of carbonyl (C=O) groups excluding carboxylic acids is 2. The molecule has 5 aromatic rings. The monoisotopic (exact) mass is 539 g/mol. The molecular formula is C31H23F2N3O4. The van der Waals surface area contributed by atoms with Crippen molar-refractivity contribution in [2.45, 2.75) is 26.7 Å². The molecule has 0 spiro atoms. The third-order valence-corrected chi connectivity index (χ3v) is 6.48. The van der Waals surface area contributed by atoms with E-state index in [1.54, 1.807) is 19.9 Å². The molecule has 0 fully saturated rings. The van der Waals surface area contributed by atoms with E-state index >= 15 is 4.39 Å². The number of pyridine rings is 3. The number of ether oxygens (including phenoxy) is 1. The molecule has 0 unspecified atom stereocenters. The summed E-state index contributed by atoms with van der Waals surface area (Å²) in [6.07, 6.45) is 4.35. The maximum atomic E-state index is 15.0. The second kappa shape index (κ2) is 11.0. The van der Waals surface area contributed by atoms with Crippen LogP contribution in [0.25, 0.3) is 22.2 Å². The van der Waals surface area contributed by atoms with E-state index in [1.807, 2.05) is 0 Å². The van der Waals surface area contributed by atoms with Crippen molar-refractivity contribution in [2.24, 2.45) is 0 Å². The van der Waals surface area contributed by atoms with Crippen LogP contribution in [0.3, 0.4) is 0 Å². The molecule has 0 radical (unpaired) electrons. The minimum absolute atomic E-state index is 0.0713. The van der Waals surface area contributed by atoms with Gasteiger partial charge in [0.05, 0.1) is 11.1 Å². The molecule has 2 aromatic carbocycles. The van der Waals surface area contributed by atoms with Crippen LogP contribution in [0.4, 0.5) is 8.78 Å². The molecule has 3 heterocycles. The van der Waals surface area contributed by atoms with Gasteiger partial charge in [0.25, 0.3) is 0 Å². The third-order valence-electron chi connectivity index (χ3n) is 6.48. The number of hydrogen-bond acceptors (Lipinski definition) is 6. The highest BCUT2D eigenvalue weighted by Gasteiger charge is 2.19. The van der Waals surface area contributed by atoms with Gasteiger partial charge in [0.1, 0.15) is 11.3 Å². The fourth-order valence-electron chi connectivity index (χ4n) is 4.38. The Balaban J connectivity index is 1.38. The number of fused-ring (bicyclic) bond motifs is 1. The lowest BCUT2D eigenvalue weighted by molar-refractivity contribution is 0.0981. The molecule has 0 aliphatic rings. The summed E-state index contributed by atoms with van der Waals surface area (Å²) >= 11 is 0. The van der Waals surface area contributed by atoms with Gasteiger partial charge in [-0.1, -0.05) is 25.1 Å². The quantitative estimate of drug-likeness (QED) is 0.230. The van der Waals surface area contributed by atoms with Gasteiger partial charge in [0.2, 0.25) is 0 Å². The number of carbonyl (C=O) groups is 2. The van der Waals surface area contributed by atoms with Crippen LogP contribution in [-0.4, -0.2) is 26.5 Å². The van der Waals surface area contributed by atoms with Crippen LogP contribution in [-0.2, 0) is 6.42 Å². The van der Waals surface area contributed by atoms with Gasteiger partial charge in [-0.3, -0.25) is 19.4 Å². The molecule has 0 saturated carbocycles. The number of aromatic nitrogens is 3. The number of halogens is 2. The summed E-state index contributed by atoms with van der Waals surface area (Å²) in [5.41, 5.74) is 2.28. The minimum atomic E-state index is -0.710. The lowest BCUT2D eigenvalue weighted by Crippen LogP contribution is -2.20. The van der Waals surface area contributed by atoms with Crippen molar-refractivity contribution in [2.75, 3.05) is 0 Å². The fraction of sp³-hybridized carbons (Fsp3) is 0.129. The highest BCUT2D eigenvalue weighted by atomic mass is 19.1. The minimum Gasteiger partial charge on any atom is -0.452 e. The van der Waals surface area contributed by atoms with Gasteiger partial charge in [-0.15, -0.1) is 0 Å². The molecule has 1 N–H and O–H groups in total. The Hall–Kier alpha value is -5.05. The van der Waals surface area contributed by atoms with Crippen LogP contribution in [0, 0.1) is 18.6 Å². The lowest BCUT2D eigenvalue weighted by atomic mass is 9.98. The van der Waals surface area contributed by atoms with Gasteiger partial charge < -0.3 is 9.72 Å². The number of nitrogens with zero attached hydrogens (tertiary/aromatic N) is 2. The number of hydrogen-bond donors (Lipinski definition) is 1. The van der Waals surface area contributed by atoms with Crippen LogP contribution < -0.4 is 10.2 Å². The van der Waals surface area contributed by atoms with Gasteiger partial charge in [-0.05, 0) is 48.4 Å². The number of H-pyrrole nitrogens is 1. The van der Waals surface area contributed by atoms with E-state index in [9.17, 15) is 18.8 Å². The third kappa shape index (κ3) is 5.26. The first-order chi connectivity index (χ1) is 19.2. The maximum absolute atomic E-state index is 15.0. The van der Waals surface area contributed by atoms with Crippen molar-refractivity contribution in [3.63, 3.8) is 0 Å². The lowest BCUT2D eigenvalue weighted by Gasteiger charge is -2.11. The Bertz CT molecular complexity index is 1830. The Kier molecular flexibility index (Phi) is 7.29. The number of aromatic amines is 1. The number of ketones is 2. The zero-order chi connectivity index (χ0) is 28.4. The van der Waals surface area contributed by atoms with Crippen LogP contribution in [0.2, 0.25) is 0 Å². The molecule has 5 rings (SSSR count). The van der Waals surface area contributed by atoms with Gasteiger partial charge in [-0.2, -0.15) is 0 Å². The molecule has 0 aliphatic carbocycles. The van der Waals surface area contributed by atoms with Gasteiger partial charge in [-0.25, -0.2) is 13.8 Å². The van der Waals surface area contributed by atoms with E-state index in [4.69, 9.17) is 4.74 Å². The van der Waals surface area contributed by atoms with E-state index in [2.05, 4.69) is 15.0 Å². The zero-order valence-corrected chi connectivity index (χ0v) is 21.6. The summed E-state index contributed by atoms with van der Waals surface area (Å²) in [6.45, 7) is 3.44. The molecule has 0 saturated heterocycles. The molecule has 9 heteroatoms. The highest BCUT2D eigenvalue weighted by Crippen LogP contribution is 2.30. The van der Waals surface area contributed by atoms with Gasteiger partial charge in [0.15, 0.2) is 34.3 Å². The van der Waals surface area contributed by atoms with Gasteiger partial charge in [0, 0.05) is 54.3 Å². The summed E-state index contributed by atoms with van der Waals surface area (Å²) in [7, 11) is 0. The number of nitrogens with one attached hydrogen (secondary N) is 1. The Morgan fingerprint density at radius 1 is 0.950 bits per heavy atom. The average Bonchev–Trinajstić information content (AvgIpc) is 2.95. The largest absolute Gasteiger partial charge is 0.452 e. The Morgan fingerprint density at radius 2 is 1.73 bits per heavy atom. The Morgan fingerprint density at radius 3 is 2.45 bits per heavy atom. The summed E-state index contributed by atoms with van der Waals surface area (Å²) < 4.78 is 34.2. The fourth-order valence-corrected chi connectivity index (χ4v) is 4.38. The van der Waals surface area contributed by atoms with Crippen molar-refractivity contribution in [3.8, 4) is 22.6 Å². The van der Waals surface area contributed by atoms with Crippen LogP contribution >= 0.6 is 0 Å². The first-order valence-electron chi connectivity index (χ1n) is 12.5. The standard InChI is InChI=1S/C31H23F2N3O4/c1-3-25(37)20-14-24-30(36-15-20)28(10-11-34-24)40-27-9-4-18(12-23(27)33)13-26(38)22-16-35-17(2)29(31(22)39)19-5-7-21(32)8-6-19/h4-12,14-16H,3,13H2,1-2H3,(H,35,39). The topological polar surface area (TPSA) is 102 Å². The number of benzene rings is 2.